The van der Waals surface area contributed by atoms with E-state index in [0.717, 1.165) is 32.8 Å². The lowest BCUT2D eigenvalue weighted by atomic mass is 9.94. The molecular weight excluding hydrogens is 232 g/mol. The second-order valence-corrected chi connectivity index (χ2v) is 5.35. The molecule has 0 saturated carbocycles. The van der Waals surface area contributed by atoms with Crippen LogP contribution in [-0.4, -0.2) is 63.1 Å². The highest BCUT2D eigenvalue weighted by molar-refractivity contribution is 5.78. The Kier molecular flexibility index (Phi) is 5.75. The van der Waals surface area contributed by atoms with Crippen LogP contribution in [0.2, 0.25) is 0 Å². The fourth-order valence-corrected chi connectivity index (χ4v) is 1.92. The number of esters is 1. The molecule has 1 rings (SSSR count). The minimum atomic E-state index is -0.432. The van der Waals surface area contributed by atoms with E-state index in [2.05, 4.69) is 28.5 Å². The number of nitrogens with zero attached hydrogens (tertiary/aromatic N) is 2. The second-order valence-electron chi connectivity index (χ2n) is 5.35. The third kappa shape index (κ3) is 5.14. The van der Waals surface area contributed by atoms with Gasteiger partial charge >= 0.3 is 5.97 Å². The monoisotopic (exact) mass is 256 g/mol. The van der Waals surface area contributed by atoms with Crippen molar-refractivity contribution in [1.82, 2.24) is 4.90 Å². The van der Waals surface area contributed by atoms with Crippen molar-refractivity contribution in [3.63, 3.8) is 0 Å². The fraction of sp³-hybridized carbons (Fsp3) is 0.846. The van der Waals surface area contributed by atoms with E-state index in [0.29, 0.717) is 0 Å². The van der Waals surface area contributed by atoms with Crippen LogP contribution >= 0.6 is 0 Å². The van der Waals surface area contributed by atoms with E-state index < -0.39 is 6.04 Å². The van der Waals surface area contributed by atoms with E-state index in [9.17, 15) is 4.79 Å². The van der Waals surface area contributed by atoms with Gasteiger partial charge in [0.15, 0.2) is 0 Å². The molecule has 1 unspecified atom stereocenters. The number of methoxy groups -OCH3 is 1. The van der Waals surface area contributed by atoms with Gasteiger partial charge in [-0.25, -0.2) is 4.79 Å². The van der Waals surface area contributed by atoms with Crippen LogP contribution in [0.4, 0.5) is 0 Å². The average Bonchev–Trinajstić information content (AvgIpc) is 2.35. The summed E-state index contributed by atoms with van der Waals surface area (Å²) in [5.41, 5.74) is -0.0559. The molecule has 18 heavy (non-hydrogen) atoms. The largest absolute Gasteiger partial charge is 0.467 e. The maximum absolute atomic E-state index is 11.3. The molecule has 0 amide bonds. The van der Waals surface area contributed by atoms with Gasteiger partial charge in [0.2, 0.25) is 0 Å². The smallest absolute Gasteiger partial charge is 0.330 e. The molecule has 1 aliphatic rings. The molecule has 0 aromatic rings. The Morgan fingerprint density at radius 2 is 2.11 bits per heavy atom. The lowest BCUT2D eigenvalue weighted by Crippen LogP contribution is -2.42. The number of hydrogen-bond acceptors (Lipinski definition) is 5. The summed E-state index contributed by atoms with van der Waals surface area (Å²) < 4.78 is 9.97. The molecule has 0 radical (unpaired) electrons. The van der Waals surface area contributed by atoms with Crippen molar-refractivity contribution < 1.29 is 14.3 Å². The van der Waals surface area contributed by atoms with E-state index in [1.807, 2.05) is 6.21 Å². The molecule has 0 spiro atoms. The molecule has 1 atom stereocenters. The van der Waals surface area contributed by atoms with Gasteiger partial charge in [0, 0.05) is 31.3 Å². The maximum atomic E-state index is 11.3. The third-order valence-corrected chi connectivity index (χ3v) is 2.92. The molecule has 1 heterocycles. The summed E-state index contributed by atoms with van der Waals surface area (Å²) in [5, 5.41) is 0. The van der Waals surface area contributed by atoms with Crippen LogP contribution in [0.1, 0.15) is 20.8 Å². The second kappa shape index (κ2) is 6.85. The number of aliphatic imine (C=N–C) groups is 1. The lowest BCUT2D eigenvalue weighted by molar-refractivity contribution is -0.141. The van der Waals surface area contributed by atoms with E-state index in [-0.39, 0.29) is 11.4 Å². The minimum Gasteiger partial charge on any atom is -0.467 e. The predicted molar refractivity (Wildman–Crippen MR) is 71.0 cm³/mol. The van der Waals surface area contributed by atoms with E-state index >= 15 is 0 Å². The van der Waals surface area contributed by atoms with E-state index in [1.165, 1.54) is 7.11 Å². The first kappa shape index (κ1) is 15.1. The van der Waals surface area contributed by atoms with Crippen molar-refractivity contribution in [3.8, 4) is 0 Å². The summed E-state index contributed by atoms with van der Waals surface area (Å²) >= 11 is 0. The van der Waals surface area contributed by atoms with Crippen molar-refractivity contribution in [3.05, 3.63) is 0 Å². The molecule has 0 bridgehead atoms. The van der Waals surface area contributed by atoms with Crippen LogP contribution in [0.5, 0.6) is 0 Å². The van der Waals surface area contributed by atoms with Gasteiger partial charge in [-0.1, -0.05) is 13.8 Å². The lowest BCUT2D eigenvalue weighted by Gasteiger charge is -2.32. The number of carbonyl (C=O) groups is 1. The Morgan fingerprint density at radius 1 is 1.50 bits per heavy atom. The molecule has 5 nitrogen and oxygen atoms in total. The summed E-state index contributed by atoms with van der Waals surface area (Å²) in [5.74, 6) is -0.298. The van der Waals surface area contributed by atoms with Crippen molar-refractivity contribution in [2.24, 2.45) is 10.4 Å². The first-order chi connectivity index (χ1) is 8.44. The Bertz CT molecular complexity index is 297. The summed E-state index contributed by atoms with van der Waals surface area (Å²) in [6.07, 6.45) is 1.87. The number of ether oxygens (including phenoxy) is 2. The Hall–Kier alpha value is -0.940. The molecule has 1 saturated heterocycles. The number of rotatable bonds is 5. The Morgan fingerprint density at radius 3 is 2.67 bits per heavy atom. The summed E-state index contributed by atoms with van der Waals surface area (Å²) in [7, 11) is 1.38. The van der Waals surface area contributed by atoms with E-state index in [1.54, 1.807) is 6.92 Å². The molecule has 0 aromatic carbocycles. The average molecular weight is 256 g/mol. The topological polar surface area (TPSA) is 51.1 Å². The molecule has 0 aliphatic carbocycles. The van der Waals surface area contributed by atoms with Gasteiger partial charge in [-0.05, 0) is 6.92 Å². The van der Waals surface area contributed by atoms with Gasteiger partial charge in [-0.3, -0.25) is 9.89 Å². The first-order valence-corrected chi connectivity index (χ1v) is 6.37. The zero-order chi connectivity index (χ0) is 13.6. The highest BCUT2D eigenvalue weighted by Gasteiger charge is 2.22. The van der Waals surface area contributed by atoms with Crippen LogP contribution in [0, 0.1) is 5.41 Å². The van der Waals surface area contributed by atoms with E-state index in [4.69, 9.17) is 4.74 Å². The summed E-state index contributed by atoms with van der Waals surface area (Å²) in [6.45, 7) is 10.4. The Balaban J connectivity index is 2.46. The van der Waals surface area contributed by atoms with Crippen LogP contribution in [0.25, 0.3) is 0 Å². The van der Waals surface area contributed by atoms with Crippen LogP contribution in [0.3, 0.4) is 0 Å². The SMILES string of the molecule is COC(=O)C(C)/N=C/C(C)(C)CN1CCOCC1. The van der Waals surface area contributed by atoms with Gasteiger partial charge in [-0.15, -0.1) is 0 Å². The maximum Gasteiger partial charge on any atom is 0.330 e. The minimum absolute atomic E-state index is 0.0559. The summed E-state index contributed by atoms with van der Waals surface area (Å²) in [6, 6.07) is -0.432. The third-order valence-electron chi connectivity index (χ3n) is 2.92. The molecule has 5 heteroatoms. The molecule has 0 aromatic heterocycles. The molecule has 104 valence electrons. The number of morpholine rings is 1. The zero-order valence-electron chi connectivity index (χ0n) is 11.8. The molecular formula is C13H24N2O3. The highest BCUT2D eigenvalue weighted by Crippen LogP contribution is 2.15. The van der Waals surface area contributed by atoms with Crippen LogP contribution in [0.15, 0.2) is 4.99 Å². The quantitative estimate of drug-likeness (QED) is 0.543. The van der Waals surface area contributed by atoms with Crippen molar-refractivity contribution in [2.45, 2.75) is 26.8 Å². The number of hydrogen-bond donors (Lipinski definition) is 0. The van der Waals surface area contributed by atoms with Crippen molar-refractivity contribution >= 4 is 12.2 Å². The summed E-state index contributed by atoms with van der Waals surface area (Å²) in [4.78, 5) is 17.9. The fourth-order valence-electron chi connectivity index (χ4n) is 1.92. The van der Waals surface area contributed by atoms with Crippen molar-refractivity contribution in [2.75, 3.05) is 40.0 Å². The predicted octanol–water partition coefficient (Wildman–Crippen LogP) is 0.977. The highest BCUT2D eigenvalue weighted by atomic mass is 16.5. The normalized spacial score (nSPS) is 20.0. The van der Waals surface area contributed by atoms with Crippen LogP contribution < -0.4 is 0 Å². The Labute approximate surface area is 109 Å². The van der Waals surface area contributed by atoms with Gasteiger partial charge in [0.05, 0.1) is 20.3 Å². The van der Waals surface area contributed by atoms with Crippen molar-refractivity contribution in [1.29, 1.82) is 0 Å². The number of carbonyl (C=O) groups excluding carboxylic acids is 1. The first-order valence-electron chi connectivity index (χ1n) is 6.37. The standard InChI is InChI=1S/C13H24N2O3/c1-11(12(16)17-4)14-9-13(2,3)10-15-5-7-18-8-6-15/h9,11H,5-8,10H2,1-4H3/b14-9+. The van der Waals surface area contributed by atoms with Gasteiger partial charge in [0.1, 0.15) is 6.04 Å². The van der Waals surface area contributed by atoms with Gasteiger partial charge < -0.3 is 9.47 Å². The molecule has 1 aliphatic heterocycles. The van der Waals surface area contributed by atoms with Crippen LogP contribution in [-0.2, 0) is 14.3 Å². The molecule has 1 fully saturated rings. The zero-order valence-corrected chi connectivity index (χ0v) is 11.8. The van der Waals surface area contributed by atoms with Gasteiger partial charge in [-0.2, -0.15) is 0 Å². The van der Waals surface area contributed by atoms with Gasteiger partial charge in [0.25, 0.3) is 0 Å². The molecule has 0 N–H and O–H groups in total.